The number of amides is 2. The summed E-state index contributed by atoms with van der Waals surface area (Å²) in [7, 11) is 0. The molecule has 0 heterocycles. The molecule has 0 rings (SSSR count). The van der Waals surface area contributed by atoms with Crippen LogP contribution in [0.2, 0.25) is 0 Å². The van der Waals surface area contributed by atoms with Gasteiger partial charge in [-0.2, -0.15) is 11.8 Å². The Morgan fingerprint density at radius 3 is 2.17 bits per heavy atom. The first-order valence-corrected chi connectivity index (χ1v) is 7.49. The van der Waals surface area contributed by atoms with Gasteiger partial charge in [0.05, 0.1) is 0 Å². The van der Waals surface area contributed by atoms with Crippen LogP contribution < -0.4 is 10.6 Å². The number of carbonyl (C=O) groups excluding carboxylic acids is 1. The van der Waals surface area contributed by atoms with Gasteiger partial charge in [0.2, 0.25) is 0 Å². The molecule has 1 atom stereocenters. The Morgan fingerprint density at radius 2 is 1.83 bits per heavy atom. The highest BCUT2D eigenvalue weighted by atomic mass is 32.2. The van der Waals surface area contributed by atoms with Gasteiger partial charge in [-0.3, -0.25) is 0 Å². The maximum Gasteiger partial charge on any atom is 0.326 e. The summed E-state index contributed by atoms with van der Waals surface area (Å²) in [5.41, 5.74) is 0. The van der Waals surface area contributed by atoms with E-state index in [1.54, 1.807) is 18.7 Å². The molecule has 0 saturated heterocycles. The minimum atomic E-state index is -1.00. The summed E-state index contributed by atoms with van der Waals surface area (Å²) >= 11 is 1.73. The van der Waals surface area contributed by atoms with Crippen LogP contribution in [0.5, 0.6) is 0 Å². The molecule has 0 unspecified atom stereocenters. The molecular formula is C12H24N2O3S. The average Bonchev–Trinajstić information content (AvgIpc) is 2.38. The van der Waals surface area contributed by atoms with Crippen LogP contribution in [0.1, 0.15) is 40.0 Å². The van der Waals surface area contributed by atoms with E-state index in [-0.39, 0.29) is 4.75 Å². The van der Waals surface area contributed by atoms with Crippen molar-refractivity contribution >= 4 is 23.8 Å². The van der Waals surface area contributed by atoms with Crippen molar-refractivity contribution in [2.24, 2.45) is 0 Å². The molecule has 2 amide bonds. The van der Waals surface area contributed by atoms with Crippen LogP contribution in [0.4, 0.5) is 4.79 Å². The van der Waals surface area contributed by atoms with Crippen molar-refractivity contribution in [1.29, 1.82) is 0 Å². The molecule has 0 fully saturated rings. The molecule has 18 heavy (non-hydrogen) atoms. The molecule has 0 bridgehead atoms. The molecule has 106 valence electrons. The first kappa shape index (κ1) is 17.1. The maximum absolute atomic E-state index is 11.6. The summed E-state index contributed by atoms with van der Waals surface area (Å²) in [5.74, 6) is -1.00. The van der Waals surface area contributed by atoms with E-state index in [2.05, 4.69) is 24.5 Å². The first-order valence-electron chi connectivity index (χ1n) is 6.27. The number of hydrogen-bond donors (Lipinski definition) is 3. The number of carboxylic acids is 1. The maximum atomic E-state index is 11.6. The average molecular weight is 276 g/mol. The van der Waals surface area contributed by atoms with Gasteiger partial charge in [0, 0.05) is 11.3 Å². The van der Waals surface area contributed by atoms with Crippen molar-refractivity contribution in [1.82, 2.24) is 10.6 Å². The molecule has 3 N–H and O–H groups in total. The second kappa shape index (κ2) is 8.24. The van der Waals surface area contributed by atoms with E-state index in [1.165, 1.54) is 0 Å². The van der Waals surface area contributed by atoms with Gasteiger partial charge in [-0.25, -0.2) is 9.59 Å². The van der Waals surface area contributed by atoms with Crippen molar-refractivity contribution in [2.75, 3.05) is 12.8 Å². The lowest BCUT2D eigenvalue weighted by Crippen LogP contribution is -2.49. The highest BCUT2D eigenvalue weighted by molar-refractivity contribution is 8.00. The number of urea groups is 1. The van der Waals surface area contributed by atoms with Crippen LogP contribution in [0.25, 0.3) is 0 Å². The summed E-state index contributed by atoms with van der Waals surface area (Å²) < 4.78 is 0.0300. The molecule has 0 aromatic heterocycles. The van der Waals surface area contributed by atoms with Crippen molar-refractivity contribution < 1.29 is 14.7 Å². The normalized spacial score (nSPS) is 12.9. The molecular weight excluding hydrogens is 252 g/mol. The van der Waals surface area contributed by atoms with Crippen LogP contribution in [-0.2, 0) is 4.79 Å². The molecule has 0 aliphatic heterocycles. The first-order chi connectivity index (χ1) is 8.44. The predicted molar refractivity (Wildman–Crippen MR) is 75.1 cm³/mol. The largest absolute Gasteiger partial charge is 0.480 e. The molecule has 0 aliphatic carbocycles. The Labute approximate surface area is 113 Å². The number of nitrogens with one attached hydrogen (secondary N) is 2. The Morgan fingerprint density at radius 1 is 1.28 bits per heavy atom. The zero-order chi connectivity index (χ0) is 14.2. The van der Waals surface area contributed by atoms with Crippen molar-refractivity contribution in [3.05, 3.63) is 0 Å². The van der Waals surface area contributed by atoms with Crippen molar-refractivity contribution in [2.45, 2.75) is 50.8 Å². The molecule has 0 saturated carbocycles. The molecule has 0 aliphatic rings. The van der Waals surface area contributed by atoms with E-state index in [0.29, 0.717) is 13.0 Å². The summed E-state index contributed by atoms with van der Waals surface area (Å²) in [4.78, 5) is 22.4. The van der Waals surface area contributed by atoms with Crippen LogP contribution in [0, 0.1) is 0 Å². The van der Waals surface area contributed by atoms with E-state index in [4.69, 9.17) is 5.11 Å². The zero-order valence-corrected chi connectivity index (χ0v) is 12.4. The monoisotopic (exact) mass is 276 g/mol. The van der Waals surface area contributed by atoms with E-state index >= 15 is 0 Å². The summed E-state index contributed by atoms with van der Waals surface area (Å²) in [6.45, 7) is 6.45. The van der Waals surface area contributed by atoms with E-state index in [9.17, 15) is 9.59 Å². The van der Waals surface area contributed by atoms with Crippen LogP contribution in [-0.4, -0.2) is 40.7 Å². The molecule has 0 spiro atoms. The summed E-state index contributed by atoms with van der Waals surface area (Å²) in [5, 5.41) is 14.1. The number of rotatable bonds is 8. The third-order valence-corrected chi connectivity index (χ3v) is 4.89. The number of carbonyl (C=O) groups is 2. The molecule has 0 radical (unpaired) electrons. The Kier molecular flexibility index (Phi) is 7.82. The third kappa shape index (κ3) is 5.16. The van der Waals surface area contributed by atoms with Gasteiger partial charge in [0.15, 0.2) is 0 Å². The Balaban J connectivity index is 4.28. The van der Waals surface area contributed by atoms with Gasteiger partial charge in [0.1, 0.15) is 6.04 Å². The molecule has 6 heteroatoms. The quantitative estimate of drug-likeness (QED) is 0.634. The van der Waals surface area contributed by atoms with Crippen LogP contribution in [0.15, 0.2) is 0 Å². The molecule has 0 aromatic carbocycles. The predicted octanol–water partition coefficient (Wildman–Crippen LogP) is 2.07. The summed E-state index contributed by atoms with van der Waals surface area (Å²) in [6.07, 6.45) is 4.32. The topological polar surface area (TPSA) is 78.4 Å². The number of thioether (sulfide) groups is 1. The van der Waals surface area contributed by atoms with Crippen molar-refractivity contribution in [3.63, 3.8) is 0 Å². The van der Waals surface area contributed by atoms with Gasteiger partial charge in [-0.1, -0.05) is 20.8 Å². The fraction of sp³-hybridized carbons (Fsp3) is 0.833. The lowest BCUT2D eigenvalue weighted by Gasteiger charge is -2.30. The van der Waals surface area contributed by atoms with E-state index in [0.717, 1.165) is 12.8 Å². The van der Waals surface area contributed by atoms with Gasteiger partial charge in [-0.15, -0.1) is 0 Å². The summed E-state index contributed by atoms with van der Waals surface area (Å²) in [6, 6.07) is -1.23. The minimum absolute atomic E-state index is 0.0300. The van der Waals surface area contributed by atoms with Crippen LogP contribution in [0.3, 0.4) is 0 Å². The Bertz CT molecular complexity index is 272. The Hall–Kier alpha value is -0.910. The second-order valence-electron chi connectivity index (χ2n) is 4.22. The van der Waals surface area contributed by atoms with Gasteiger partial charge >= 0.3 is 12.0 Å². The fourth-order valence-electron chi connectivity index (χ4n) is 1.65. The lowest BCUT2D eigenvalue weighted by molar-refractivity contribution is -0.139. The second-order valence-corrected chi connectivity index (χ2v) is 5.49. The van der Waals surface area contributed by atoms with Gasteiger partial charge in [-0.05, 0) is 25.5 Å². The zero-order valence-electron chi connectivity index (χ0n) is 11.6. The molecule has 0 aromatic rings. The minimum Gasteiger partial charge on any atom is -0.480 e. The van der Waals surface area contributed by atoms with Crippen molar-refractivity contribution in [3.8, 4) is 0 Å². The SMILES string of the molecule is CC[C@H](NC(=O)NCC(CC)(CC)SC)C(=O)O. The van der Waals surface area contributed by atoms with E-state index < -0.39 is 18.0 Å². The number of carboxylic acid groups (broad SMARTS) is 1. The number of aliphatic carboxylic acids is 1. The molecule has 5 nitrogen and oxygen atoms in total. The lowest BCUT2D eigenvalue weighted by atomic mass is 10.0. The van der Waals surface area contributed by atoms with Crippen LogP contribution >= 0.6 is 11.8 Å². The fourth-order valence-corrected chi connectivity index (χ4v) is 2.44. The highest BCUT2D eigenvalue weighted by Crippen LogP contribution is 2.29. The third-order valence-electron chi connectivity index (χ3n) is 3.30. The smallest absolute Gasteiger partial charge is 0.326 e. The van der Waals surface area contributed by atoms with Gasteiger partial charge in [0.25, 0.3) is 0 Å². The van der Waals surface area contributed by atoms with E-state index in [1.807, 2.05) is 6.26 Å². The standard InChI is InChI=1S/C12H24N2O3S/c1-5-9(10(15)16)14-11(17)13-8-12(6-2,7-3)18-4/h9H,5-8H2,1-4H3,(H,15,16)(H2,13,14,17)/t9-/m0/s1. The highest BCUT2D eigenvalue weighted by Gasteiger charge is 2.26. The van der Waals surface area contributed by atoms with Gasteiger partial charge < -0.3 is 15.7 Å². The number of hydrogen-bond acceptors (Lipinski definition) is 3.